The quantitative estimate of drug-likeness (QED) is 0.614. The lowest BCUT2D eigenvalue weighted by atomic mass is 10.2. The van der Waals surface area contributed by atoms with E-state index in [9.17, 15) is 4.79 Å². The van der Waals surface area contributed by atoms with Gasteiger partial charge < -0.3 is 8.98 Å². The van der Waals surface area contributed by atoms with Crippen LogP contribution in [0.4, 0.5) is 0 Å². The standard InChI is InChI=1S/C10H11NO2/c1-6-7(2)13-8-4-5-11(3)10(12)9(6)8/h4-5H,1-3H3. The summed E-state index contributed by atoms with van der Waals surface area (Å²) in [6, 6.07) is 1.82. The highest BCUT2D eigenvalue weighted by molar-refractivity contribution is 5.80. The van der Waals surface area contributed by atoms with Gasteiger partial charge in [0.2, 0.25) is 0 Å². The maximum Gasteiger partial charge on any atom is 0.261 e. The highest BCUT2D eigenvalue weighted by Crippen LogP contribution is 2.20. The predicted molar refractivity (Wildman–Crippen MR) is 50.9 cm³/mol. The highest BCUT2D eigenvalue weighted by Gasteiger charge is 2.10. The minimum absolute atomic E-state index is 0.00634. The van der Waals surface area contributed by atoms with Crippen LogP contribution in [0.2, 0.25) is 0 Å². The first kappa shape index (κ1) is 8.10. The molecule has 0 atom stereocenters. The van der Waals surface area contributed by atoms with E-state index >= 15 is 0 Å². The van der Waals surface area contributed by atoms with Crippen LogP contribution >= 0.6 is 0 Å². The first-order valence-electron chi connectivity index (χ1n) is 4.16. The normalized spacial score (nSPS) is 11.0. The molecule has 3 nitrogen and oxygen atoms in total. The minimum atomic E-state index is 0.00634. The fraction of sp³-hybridized carbons (Fsp3) is 0.300. The number of hydrogen-bond acceptors (Lipinski definition) is 2. The Kier molecular flexibility index (Phi) is 1.55. The Morgan fingerprint density at radius 2 is 2.08 bits per heavy atom. The number of aryl methyl sites for hydroxylation is 3. The van der Waals surface area contributed by atoms with Gasteiger partial charge in [-0.2, -0.15) is 0 Å². The van der Waals surface area contributed by atoms with Crippen molar-refractivity contribution >= 4 is 11.0 Å². The van der Waals surface area contributed by atoms with Crippen molar-refractivity contribution in [2.24, 2.45) is 7.05 Å². The molecule has 68 valence electrons. The molecule has 3 heteroatoms. The Hall–Kier alpha value is -1.51. The number of pyridine rings is 1. The summed E-state index contributed by atoms with van der Waals surface area (Å²) in [5.74, 6) is 0.818. The fourth-order valence-corrected chi connectivity index (χ4v) is 1.46. The molecule has 0 unspecified atom stereocenters. The van der Waals surface area contributed by atoms with Gasteiger partial charge in [-0.15, -0.1) is 0 Å². The van der Waals surface area contributed by atoms with Gasteiger partial charge in [-0.1, -0.05) is 0 Å². The number of nitrogens with zero attached hydrogens (tertiary/aromatic N) is 1. The third-order valence-electron chi connectivity index (χ3n) is 2.40. The van der Waals surface area contributed by atoms with E-state index in [1.54, 1.807) is 17.8 Å². The van der Waals surface area contributed by atoms with E-state index < -0.39 is 0 Å². The second-order valence-corrected chi connectivity index (χ2v) is 3.25. The van der Waals surface area contributed by atoms with Crippen LogP contribution in [0, 0.1) is 13.8 Å². The molecule has 0 aliphatic rings. The van der Waals surface area contributed by atoms with E-state index in [2.05, 4.69) is 0 Å². The zero-order valence-corrected chi connectivity index (χ0v) is 7.92. The van der Waals surface area contributed by atoms with Gasteiger partial charge in [-0.05, 0) is 19.9 Å². The van der Waals surface area contributed by atoms with Crippen molar-refractivity contribution in [1.82, 2.24) is 4.57 Å². The number of aromatic nitrogens is 1. The summed E-state index contributed by atoms with van der Waals surface area (Å²) in [5.41, 5.74) is 1.63. The van der Waals surface area contributed by atoms with Gasteiger partial charge in [0.05, 0.1) is 5.39 Å². The fourth-order valence-electron chi connectivity index (χ4n) is 1.46. The summed E-state index contributed by atoms with van der Waals surface area (Å²) in [7, 11) is 1.74. The number of hydrogen-bond donors (Lipinski definition) is 0. The summed E-state index contributed by atoms with van der Waals surface area (Å²) in [6.45, 7) is 3.78. The maximum absolute atomic E-state index is 11.7. The second kappa shape index (κ2) is 2.49. The number of fused-ring (bicyclic) bond motifs is 1. The molecule has 0 saturated heterocycles. The van der Waals surface area contributed by atoms with E-state index in [0.717, 1.165) is 11.3 Å². The average molecular weight is 177 g/mol. The van der Waals surface area contributed by atoms with Crippen LogP contribution in [0.5, 0.6) is 0 Å². The van der Waals surface area contributed by atoms with Crippen molar-refractivity contribution in [3.05, 3.63) is 33.9 Å². The summed E-state index contributed by atoms with van der Waals surface area (Å²) in [6.07, 6.45) is 1.72. The van der Waals surface area contributed by atoms with E-state index in [1.165, 1.54) is 0 Å². The van der Waals surface area contributed by atoms with Gasteiger partial charge in [-0.3, -0.25) is 4.79 Å². The lowest BCUT2D eigenvalue weighted by molar-refractivity contribution is 0.574. The molecule has 0 bridgehead atoms. The summed E-state index contributed by atoms with van der Waals surface area (Å²) < 4.78 is 6.98. The van der Waals surface area contributed by atoms with E-state index in [-0.39, 0.29) is 5.56 Å². The number of rotatable bonds is 0. The summed E-state index contributed by atoms with van der Waals surface area (Å²) in [4.78, 5) is 11.7. The van der Waals surface area contributed by atoms with Crippen LogP contribution in [0.15, 0.2) is 21.5 Å². The van der Waals surface area contributed by atoms with Crippen LogP contribution < -0.4 is 5.56 Å². The Labute approximate surface area is 75.6 Å². The molecule has 2 heterocycles. The molecule has 0 N–H and O–H groups in total. The molecule has 0 radical (unpaired) electrons. The van der Waals surface area contributed by atoms with Crippen molar-refractivity contribution in [1.29, 1.82) is 0 Å². The topological polar surface area (TPSA) is 35.1 Å². The molecule has 0 aliphatic carbocycles. The van der Waals surface area contributed by atoms with Gasteiger partial charge in [0.1, 0.15) is 11.3 Å². The first-order chi connectivity index (χ1) is 6.11. The third kappa shape index (κ3) is 1.00. The molecule has 0 saturated carbocycles. The van der Waals surface area contributed by atoms with Gasteiger partial charge >= 0.3 is 0 Å². The van der Waals surface area contributed by atoms with Gasteiger partial charge in [0.15, 0.2) is 0 Å². The Bertz CT molecular complexity index is 519. The molecule has 2 aromatic heterocycles. The van der Waals surface area contributed by atoms with Gasteiger partial charge in [0, 0.05) is 18.8 Å². The lowest BCUT2D eigenvalue weighted by Gasteiger charge is -1.94. The van der Waals surface area contributed by atoms with Gasteiger partial charge in [-0.25, -0.2) is 0 Å². The molecule has 0 aliphatic heterocycles. The molecule has 0 spiro atoms. The molecule has 2 aromatic rings. The smallest absolute Gasteiger partial charge is 0.261 e. The molecular formula is C10H11NO2. The zero-order chi connectivity index (χ0) is 9.59. The van der Waals surface area contributed by atoms with Crippen LogP contribution in [-0.4, -0.2) is 4.57 Å². The second-order valence-electron chi connectivity index (χ2n) is 3.25. The maximum atomic E-state index is 11.7. The van der Waals surface area contributed by atoms with Gasteiger partial charge in [0.25, 0.3) is 5.56 Å². The molecule has 0 amide bonds. The largest absolute Gasteiger partial charge is 0.461 e. The summed E-state index contributed by atoms with van der Waals surface area (Å²) >= 11 is 0. The SMILES string of the molecule is Cc1oc2ccn(C)c(=O)c2c1C. The van der Waals surface area contributed by atoms with E-state index in [4.69, 9.17) is 4.42 Å². The molecule has 0 fully saturated rings. The molecular weight excluding hydrogens is 166 g/mol. The van der Waals surface area contributed by atoms with Crippen LogP contribution in [-0.2, 0) is 7.05 Å². The molecule has 13 heavy (non-hydrogen) atoms. The van der Waals surface area contributed by atoms with Crippen LogP contribution in [0.1, 0.15) is 11.3 Å². The molecule has 2 rings (SSSR count). The Morgan fingerprint density at radius 3 is 2.77 bits per heavy atom. The van der Waals surface area contributed by atoms with Crippen LogP contribution in [0.25, 0.3) is 11.0 Å². The van der Waals surface area contributed by atoms with E-state index in [1.807, 2.05) is 19.9 Å². The monoisotopic (exact) mass is 177 g/mol. The van der Waals surface area contributed by atoms with Crippen molar-refractivity contribution in [2.75, 3.05) is 0 Å². The Balaban J connectivity index is 3.06. The predicted octanol–water partition coefficient (Wildman–Crippen LogP) is 1.75. The van der Waals surface area contributed by atoms with Crippen molar-refractivity contribution < 1.29 is 4.42 Å². The third-order valence-corrected chi connectivity index (χ3v) is 2.40. The Morgan fingerprint density at radius 1 is 1.38 bits per heavy atom. The van der Waals surface area contributed by atoms with Crippen LogP contribution in [0.3, 0.4) is 0 Å². The highest BCUT2D eigenvalue weighted by atomic mass is 16.3. The number of furan rings is 1. The molecule has 0 aromatic carbocycles. The summed E-state index contributed by atoms with van der Waals surface area (Å²) in [5, 5.41) is 0.697. The van der Waals surface area contributed by atoms with E-state index in [0.29, 0.717) is 11.0 Å². The minimum Gasteiger partial charge on any atom is -0.461 e. The van der Waals surface area contributed by atoms with Crippen molar-refractivity contribution in [2.45, 2.75) is 13.8 Å². The lowest BCUT2D eigenvalue weighted by Crippen LogP contribution is -2.15. The van der Waals surface area contributed by atoms with Crippen molar-refractivity contribution in [3.63, 3.8) is 0 Å². The zero-order valence-electron chi connectivity index (χ0n) is 7.92. The average Bonchev–Trinajstić information content (AvgIpc) is 2.37. The van der Waals surface area contributed by atoms with Crippen molar-refractivity contribution in [3.8, 4) is 0 Å². The first-order valence-corrected chi connectivity index (χ1v) is 4.16.